The zero-order valence-corrected chi connectivity index (χ0v) is 24.8. The van der Waals surface area contributed by atoms with E-state index in [9.17, 15) is 15.0 Å². The van der Waals surface area contributed by atoms with Crippen LogP contribution in [0.5, 0.6) is 0 Å². The van der Waals surface area contributed by atoms with Crippen LogP contribution in [0.1, 0.15) is 60.4 Å². The Morgan fingerprint density at radius 1 is 1.00 bits per heavy atom. The van der Waals surface area contributed by atoms with Gasteiger partial charge in [-0.3, -0.25) is 4.79 Å². The summed E-state index contributed by atoms with van der Waals surface area (Å²) in [4.78, 5) is 16.2. The smallest absolute Gasteiger partial charge is 0.307 e. The highest BCUT2D eigenvalue weighted by atomic mass is 35.5. The summed E-state index contributed by atoms with van der Waals surface area (Å²) in [5.74, 6) is -0.664. The Morgan fingerprint density at radius 3 is 2.50 bits per heavy atom. The van der Waals surface area contributed by atoms with Crippen LogP contribution in [0.3, 0.4) is 0 Å². The molecule has 1 aromatic heterocycles. The molecule has 2 atom stereocenters. The van der Waals surface area contributed by atoms with E-state index in [0.29, 0.717) is 17.2 Å². The van der Waals surface area contributed by atoms with E-state index < -0.39 is 17.5 Å². The lowest BCUT2D eigenvalue weighted by atomic mass is 9.92. The van der Waals surface area contributed by atoms with Gasteiger partial charge in [-0.05, 0) is 73.2 Å². The average Bonchev–Trinajstić information content (AvgIpc) is 2.91. The minimum Gasteiger partial charge on any atom is -0.481 e. The van der Waals surface area contributed by atoms with E-state index in [0.717, 1.165) is 40.6 Å². The van der Waals surface area contributed by atoms with Gasteiger partial charge in [-0.2, -0.15) is 11.8 Å². The number of nitrogens with zero attached hydrogens (tertiary/aromatic N) is 1. The molecule has 4 rings (SSSR count). The third-order valence-corrected chi connectivity index (χ3v) is 8.63. The molecule has 4 aromatic rings. The van der Waals surface area contributed by atoms with E-state index in [2.05, 4.69) is 42.5 Å². The number of rotatable bonds is 12. The first kappa shape index (κ1) is 29.9. The van der Waals surface area contributed by atoms with Crippen molar-refractivity contribution in [2.24, 2.45) is 5.92 Å². The summed E-state index contributed by atoms with van der Waals surface area (Å²) in [6.45, 7) is 5.42. The number of carboxylic acids is 1. The first-order valence-corrected chi connectivity index (χ1v) is 15.0. The minimum absolute atomic E-state index is 0.131. The number of hydrogen-bond acceptors (Lipinski definition) is 4. The predicted octanol–water partition coefficient (Wildman–Crippen LogP) is 8.50. The molecule has 0 unspecified atom stereocenters. The van der Waals surface area contributed by atoms with Crippen molar-refractivity contribution < 1.29 is 15.0 Å². The highest BCUT2D eigenvalue weighted by Gasteiger charge is 2.20. The maximum Gasteiger partial charge on any atom is 0.307 e. The number of fused-ring (bicyclic) bond motifs is 1. The van der Waals surface area contributed by atoms with Crippen LogP contribution in [-0.2, 0) is 17.6 Å². The lowest BCUT2D eigenvalue weighted by Crippen LogP contribution is -2.22. The van der Waals surface area contributed by atoms with Crippen LogP contribution in [0.4, 0.5) is 0 Å². The van der Waals surface area contributed by atoms with E-state index in [1.165, 1.54) is 11.1 Å². The highest BCUT2D eigenvalue weighted by molar-refractivity contribution is 7.99. The van der Waals surface area contributed by atoms with Crippen LogP contribution in [0.25, 0.3) is 23.1 Å². The van der Waals surface area contributed by atoms with E-state index in [-0.39, 0.29) is 5.25 Å². The number of aryl methyl sites for hydroxylation is 1. The number of aromatic nitrogens is 1. The quantitative estimate of drug-likeness (QED) is 0.178. The largest absolute Gasteiger partial charge is 0.481 e. The number of halogens is 1. The second-order valence-corrected chi connectivity index (χ2v) is 12.6. The average molecular weight is 574 g/mol. The molecule has 0 aliphatic carbocycles. The number of hydrogen-bond donors (Lipinski definition) is 2. The monoisotopic (exact) mass is 573 g/mol. The second-order valence-electron chi connectivity index (χ2n) is 10.9. The van der Waals surface area contributed by atoms with Gasteiger partial charge in [0.2, 0.25) is 0 Å². The molecule has 40 heavy (non-hydrogen) atoms. The molecule has 0 aliphatic heterocycles. The van der Waals surface area contributed by atoms with Gasteiger partial charge in [-0.15, -0.1) is 0 Å². The Balaban J connectivity index is 1.55. The van der Waals surface area contributed by atoms with Crippen molar-refractivity contribution in [1.29, 1.82) is 0 Å². The van der Waals surface area contributed by atoms with Crippen molar-refractivity contribution in [3.8, 4) is 0 Å². The standard InChI is InChI=1S/C34H36ClNO3S/c1-23(33(37)38)22-40-32(18-14-25-8-4-5-9-28(25)21-34(2,3)39)27-10-6-7-24(19-27)11-16-30-17-13-26-12-15-29(35)20-31(26)36-30/h4-13,15-17,19-20,23,32,39H,14,18,21-22H2,1-3H3,(H,37,38)/b16-11+/t23-,32+/m1/s1. The molecule has 0 fully saturated rings. The first-order valence-electron chi connectivity index (χ1n) is 13.6. The molecule has 0 radical (unpaired) electrons. The summed E-state index contributed by atoms with van der Waals surface area (Å²) in [6, 6.07) is 26.4. The number of carbonyl (C=O) groups is 1. The number of benzene rings is 3. The van der Waals surface area contributed by atoms with Gasteiger partial charge >= 0.3 is 5.97 Å². The van der Waals surface area contributed by atoms with E-state index >= 15 is 0 Å². The molecule has 4 nitrogen and oxygen atoms in total. The summed E-state index contributed by atoms with van der Waals surface area (Å²) in [7, 11) is 0. The van der Waals surface area contributed by atoms with Crippen molar-refractivity contribution in [2.45, 2.75) is 50.9 Å². The Kier molecular flexibility index (Phi) is 10.1. The van der Waals surface area contributed by atoms with Gasteiger partial charge < -0.3 is 10.2 Å². The predicted molar refractivity (Wildman–Crippen MR) is 169 cm³/mol. The maximum absolute atomic E-state index is 11.5. The highest BCUT2D eigenvalue weighted by Crippen LogP contribution is 2.36. The lowest BCUT2D eigenvalue weighted by Gasteiger charge is -2.22. The minimum atomic E-state index is -0.784. The number of aliphatic hydroxyl groups is 1. The Hall–Kier alpha value is -3.12. The van der Waals surface area contributed by atoms with Crippen LogP contribution in [0.15, 0.2) is 78.9 Å². The van der Waals surface area contributed by atoms with Crippen molar-refractivity contribution >= 4 is 52.4 Å². The zero-order chi connectivity index (χ0) is 28.7. The molecule has 208 valence electrons. The molecule has 0 aliphatic rings. The third-order valence-electron chi connectivity index (χ3n) is 6.79. The maximum atomic E-state index is 11.5. The molecule has 6 heteroatoms. The summed E-state index contributed by atoms with van der Waals surface area (Å²) >= 11 is 7.85. The third kappa shape index (κ3) is 8.69. The van der Waals surface area contributed by atoms with Crippen molar-refractivity contribution in [2.75, 3.05) is 5.75 Å². The first-order chi connectivity index (χ1) is 19.1. The molecule has 0 bridgehead atoms. The Labute approximate surface area is 246 Å². The molecule has 0 saturated heterocycles. The fourth-order valence-corrected chi connectivity index (χ4v) is 6.10. The summed E-state index contributed by atoms with van der Waals surface area (Å²) in [5, 5.41) is 21.7. The van der Waals surface area contributed by atoms with Crippen molar-refractivity contribution in [1.82, 2.24) is 4.98 Å². The van der Waals surface area contributed by atoms with Gasteiger partial charge in [0.25, 0.3) is 0 Å². The Morgan fingerprint density at radius 2 is 1.75 bits per heavy atom. The summed E-state index contributed by atoms with van der Waals surface area (Å²) in [5.41, 5.74) is 5.53. The fraction of sp³-hybridized carbons (Fsp3) is 0.294. The van der Waals surface area contributed by atoms with Crippen LogP contribution in [0, 0.1) is 5.92 Å². The SMILES string of the molecule is C[C@H](CS[C@@H](CCc1ccccc1CC(C)(C)O)c1cccc(/C=C/c2ccc3ccc(Cl)cc3n2)c1)C(=O)O. The van der Waals surface area contributed by atoms with Crippen LogP contribution in [0.2, 0.25) is 5.02 Å². The molecule has 0 amide bonds. The topological polar surface area (TPSA) is 70.4 Å². The summed E-state index contributed by atoms with van der Waals surface area (Å²) < 4.78 is 0. The van der Waals surface area contributed by atoms with Gasteiger partial charge in [0.05, 0.1) is 22.7 Å². The molecular weight excluding hydrogens is 538 g/mol. The van der Waals surface area contributed by atoms with E-state index in [1.807, 2.05) is 62.4 Å². The second kappa shape index (κ2) is 13.5. The molecular formula is C34H36ClNO3S. The van der Waals surface area contributed by atoms with E-state index in [4.69, 9.17) is 16.6 Å². The number of pyridine rings is 1. The van der Waals surface area contributed by atoms with Gasteiger partial charge in [0, 0.05) is 27.8 Å². The lowest BCUT2D eigenvalue weighted by molar-refractivity contribution is -0.140. The van der Waals surface area contributed by atoms with Gasteiger partial charge in [0.15, 0.2) is 0 Å². The normalized spacial score (nSPS) is 13.5. The van der Waals surface area contributed by atoms with Crippen LogP contribution < -0.4 is 0 Å². The molecule has 1 heterocycles. The van der Waals surface area contributed by atoms with Crippen molar-refractivity contribution in [3.05, 3.63) is 112 Å². The van der Waals surface area contributed by atoms with Crippen LogP contribution >= 0.6 is 23.4 Å². The van der Waals surface area contributed by atoms with E-state index in [1.54, 1.807) is 18.7 Å². The molecule has 2 N–H and O–H groups in total. The summed E-state index contributed by atoms with van der Waals surface area (Å²) in [6.07, 6.45) is 6.35. The molecule has 0 spiro atoms. The molecule has 3 aromatic carbocycles. The van der Waals surface area contributed by atoms with Gasteiger partial charge in [0.1, 0.15) is 0 Å². The number of carboxylic acid groups (broad SMARTS) is 1. The zero-order valence-electron chi connectivity index (χ0n) is 23.2. The molecule has 0 saturated carbocycles. The van der Waals surface area contributed by atoms with Gasteiger partial charge in [-0.25, -0.2) is 4.98 Å². The number of aliphatic carboxylic acids is 1. The fourth-order valence-electron chi connectivity index (χ4n) is 4.65. The van der Waals surface area contributed by atoms with Crippen molar-refractivity contribution in [3.63, 3.8) is 0 Å². The van der Waals surface area contributed by atoms with Gasteiger partial charge in [-0.1, -0.05) is 85.3 Å². The number of thioether (sulfide) groups is 1. The van der Waals surface area contributed by atoms with Crippen LogP contribution in [-0.4, -0.2) is 32.5 Å². The Bertz CT molecular complexity index is 1490.